The van der Waals surface area contributed by atoms with E-state index in [1.165, 1.54) is 16.7 Å². The number of carbonyl (C=O) groups is 1. The highest BCUT2D eigenvalue weighted by molar-refractivity contribution is 6.06. The Morgan fingerprint density at radius 2 is 1.27 bits per heavy atom. The van der Waals surface area contributed by atoms with Crippen molar-refractivity contribution in [3.8, 4) is 17.2 Å². The number of ether oxygens (including phenoxy) is 3. The van der Waals surface area contributed by atoms with Gasteiger partial charge in [0, 0.05) is 23.6 Å². The van der Waals surface area contributed by atoms with Crippen molar-refractivity contribution in [2.75, 3.05) is 21.3 Å². The Morgan fingerprint density at radius 3 is 1.89 bits per heavy atom. The van der Waals surface area contributed by atoms with Crippen LogP contribution in [0.3, 0.4) is 0 Å². The molecule has 3 N–H and O–H groups in total. The fraction of sp³-hybridized carbons (Fsp3) is 0.333. The summed E-state index contributed by atoms with van der Waals surface area (Å²) < 4.78 is 15.6. The van der Waals surface area contributed by atoms with Crippen LogP contribution in [0.15, 0.2) is 59.8 Å². The van der Waals surface area contributed by atoms with Crippen molar-refractivity contribution in [3.05, 3.63) is 88.0 Å². The second kappa shape index (κ2) is 11.9. The zero-order chi connectivity index (χ0) is 26.4. The Kier molecular flexibility index (Phi) is 8.46. The van der Waals surface area contributed by atoms with E-state index in [0.29, 0.717) is 6.42 Å². The highest BCUT2D eigenvalue weighted by Crippen LogP contribution is 2.36. The Morgan fingerprint density at radius 1 is 0.730 bits per heavy atom. The summed E-state index contributed by atoms with van der Waals surface area (Å²) in [5.41, 5.74) is 13.3. The molecule has 3 aliphatic rings. The molecule has 7 heteroatoms. The first-order chi connectivity index (χ1) is 18.0. The maximum absolute atomic E-state index is 11.4. The first-order valence-corrected chi connectivity index (χ1v) is 12.5. The van der Waals surface area contributed by atoms with Gasteiger partial charge in [-0.25, -0.2) is 0 Å². The third-order valence-corrected chi connectivity index (χ3v) is 7.08. The summed E-state index contributed by atoms with van der Waals surface area (Å²) in [4.78, 5) is 11.4. The highest BCUT2D eigenvalue weighted by Gasteiger charge is 2.24. The van der Waals surface area contributed by atoms with Crippen molar-refractivity contribution in [2.45, 2.75) is 44.6 Å². The summed E-state index contributed by atoms with van der Waals surface area (Å²) in [6.45, 7) is 0. The summed E-state index contributed by atoms with van der Waals surface area (Å²) in [7, 11) is 4.92. The summed E-state index contributed by atoms with van der Waals surface area (Å²) in [6, 6.07) is 17.9. The second-order valence-corrected chi connectivity index (χ2v) is 9.14. The molecule has 0 saturated carbocycles. The van der Waals surface area contributed by atoms with E-state index in [9.17, 15) is 4.79 Å². The number of fused-ring (bicyclic) bond motifs is 3. The van der Waals surface area contributed by atoms with Gasteiger partial charge < -0.3 is 25.2 Å². The van der Waals surface area contributed by atoms with E-state index in [-0.39, 0.29) is 11.8 Å². The van der Waals surface area contributed by atoms with Gasteiger partial charge in [-0.15, -0.1) is 0 Å². The van der Waals surface area contributed by atoms with Crippen LogP contribution in [0.25, 0.3) is 0 Å². The molecule has 1 unspecified atom stereocenters. The van der Waals surface area contributed by atoms with E-state index >= 15 is 0 Å². The Bertz CT molecular complexity index is 1300. The number of carbonyl (C=O) groups excluding carboxylic acids is 1. The Labute approximate surface area is 217 Å². The molecule has 0 bridgehead atoms. The van der Waals surface area contributed by atoms with Gasteiger partial charge in [-0.3, -0.25) is 4.79 Å². The predicted octanol–water partition coefficient (Wildman–Crippen LogP) is 5.29. The van der Waals surface area contributed by atoms with Crippen LogP contribution in [0, 0.1) is 0 Å². The molecule has 7 nitrogen and oxygen atoms in total. The van der Waals surface area contributed by atoms with Gasteiger partial charge in [0.25, 0.3) is 0 Å². The first-order valence-electron chi connectivity index (χ1n) is 12.5. The second-order valence-electron chi connectivity index (χ2n) is 9.14. The summed E-state index contributed by atoms with van der Waals surface area (Å²) in [6.07, 6.45) is 5.38. The summed E-state index contributed by atoms with van der Waals surface area (Å²) in [5, 5.41) is 12.0. The van der Waals surface area contributed by atoms with Gasteiger partial charge in [0.2, 0.25) is 0 Å². The largest absolute Gasteiger partial charge is 0.496 e. The molecule has 0 aromatic heterocycles. The molecule has 3 aromatic carbocycles. The molecule has 0 amide bonds. The van der Waals surface area contributed by atoms with Crippen molar-refractivity contribution in [3.63, 3.8) is 0 Å². The Balaban J connectivity index is 0.000000130. The predicted molar refractivity (Wildman–Crippen MR) is 144 cm³/mol. The number of aryl methyl sites for hydroxylation is 3. The quantitative estimate of drug-likeness (QED) is 0.373. The molecular formula is C30H34N2O5. The number of Topliss-reactive ketones (excluding diaryl/α,β-unsaturated/α-hetero) is 1. The van der Waals surface area contributed by atoms with Crippen LogP contribution in [0.2, 0.25) is 0 Å². The molecule has 0 fully saturated rings. The van der Waals surface area contributed by atoms with Gasteiger partial charge in [-0.2, -0.15) is 0 Å². The molecule has 0 aliphatic heterocycles. The molecule has 6 rings (SSSR count). The van der Waals surface area contributed by atoms with Crippen LogP contribution in [-0.4, -0.2) is 38.0 Å². The number of nitrogens with two attached hydrogens (primary N) is 1. The SMILES string of the molecule is COc1cccc2c1/C(=N/O)CC2.COc1cccc2c1C(=O)CC2.COc1cccc2c1C(N)CC2. The van der Waals surface area contributed by atoms with E-state index < -0.39 is 0 Å². The van der Waals surface area contributed by atoms with E-state index in [2.05, 4.69) is 11.2 Å². The van der Waals surface area contributed by atoms with Gasteiger partial charge in [-0.1, -0.05) is 41.6 Å². The van der Waals surface area contributed by atoms with Gasteiger partial charge in [0.05, 0.1) is 32.6 Å². The minimum atomic E-state index is 0.177. The summed E-state index contributed by atoms with van der Waals surface area (Å²) >= 11 is 0. The molecule has 0 spiro atoms. The van der Waals surface area contributed by atoms with Gasteiger partial charge in [-0.05, 0) is 67.0 Å². The van der Waals surface area contributed by atoms with E-state index in [1.807, 2.05) is 48.5 Å². The molecule has 0 saturated heterocycles. The van der Waals surface area contributed by atoms with Crippen LogP contribution < -0.4 is 19.9 Å². The third-order valence-electron chi connectivity index (χ3n) is 7.08. The number of oxime groups is 1. The fourth-order valence-electron chi connectivity index (χ4n) is 5.27. The van der Waals surface area contributed by atoms with Crippen molar-refractivity contribution in [1.29, 1.82) is 0 Å². The topological polar surface area (TPSA) is 103 Å². The van der Waals surface area contributed by atoms with Crippen LogP contribution in [0.5, 0.6) is 17.2 Å². The number of methoxy groups -OCH3 is 3. The molecule has 37 heavy (non-hydrogen) atoms. The maximum atomic E-state index is 11.4. The number of nitrogens with zero attached hydrogens (tertiary/aromatic N) is 1. The van der Waals surface area contributed by atoms with Crippen molar-refractivity contribution < 1.29 is 24.2 Å². The standard InChI is InChI=1S/C10H11NO2.C10H13NO.C10H10O2/c1-13-9-4-2-3-7-5-6-8(11-12)10(7)9;2*1-12-9-4-2-3-7-5-6-8(11)10(7)9/h2-4,12H,5-6H2,1H3;2-4,8H,5-6,11H2,1H3;2-4H,5-6H2,1H3/b11-8+;;. The zero-order valence-electron chi connectivity index (χ0n) is 21.6. The number of hydrogen-bond donors (Lipinski definition) is 2. The van der Waals surface area contributed by atoms with E-state index in [4.69, 9.17) is 25.2 Å². The highest BCUT2D eigenvalue weighted by atomic mass is 16.5. The number of rotatable bonds is 3. The summed E-state index contributed by atoms with van der Waals surface area (Å²) in [5.74, 6) is 2.66. The fourth-order valence-corrected chi connectivity index (χ4v) is 5.27. The average molecular weight is 503 g/mol. The lowest BCUT2D eigenvalue weighted by atomic mass is 10.1. The lowest BCUT2D eigenvalue weighted by Crippen LogP contribution is -2.06. The average Bonchev–Trinajstić information content (AvgIpc) is 3.66. The number of benzene rings is 3. The smallest absolute Gasteiger partial charge is 0.167 e. The maximum Gasteiger partial charge on any atom is 0.167 e. The van der Waals surface area contributed by atoms with Crippen molar-refractivity contribution in [2.24, 2.45) is 10.9 Å². The van der Waals surface area contributed by atoms with Gasteiger partial charge >= 0.3 is 0 Å². The molecule has 1 atom stereocenters. The van der Waals surface area contributed by atoms with Gasteiger partial charge in [0.1, 0.15) is 17.2 Å². The van der Waals surface area contributed by atoms with Crippen LogP contribution in [0.4, 0.5) is 0 Å². The minimum absolute atomic E-state index is 0.177. The first kappa shape index (κ1) is 26.2. The molecule has 3 aliphatic carbocycles. The minimum Gasteiger partial charge on any atom is -0.496 e. The van der Waals surface area contributed by atoms with Crippen LogP contribution in [0.1, 0.15) is 63.5 Å². The molecule has 0 radical (unpaired) electrons. The zero-order valence-corrected chi connectivity index (χ0v) is 21.6. The monoisotopic (exact) mass is 502 g/mol. The van der Waals surface area contributed by atoms with Crippen molar-refractivity contribution in [1.82, 2.24) is 0 Å². The molecule has 0 heterocycles. The van der Waals surface area contributed by atoms with Crippen molar-refractivity contribution >= 4 is 11.5 Å². The van der Waals surface area contributed by atoms with Crippen LogP contribution >= 0.6 is 0 Å². The van der Waals surface area contributed by atoms with Crippen LogP contribution in [-0.2, 0) is 19.3 Å². The van der Waals surface area contributed by atoms with E-state index in [1.54, 1.807) is 21.3 Å². The lowest BCUT2D eigenvalue weighted by molar-refractivity contribution is 0.0992. The molecule has 3 aromatic rings. The number of ketones is 1. The molecule has 194 valence electrons. The lowest BCUT2D eigenvalue weighted by Gasteiger charge is -2.09. The molecular weight excluding hydrogens is 468 g/mol. The normalized spacial score (nSPS) is 17.6. The third kappa shape index (κ3) is 5.47. The number of hydrogen-bond acceptors (Lipinski definition) is 7. The van der Waals surface area contributed by atoms with Gasteiger partial charge in [0.15, 0.2) is 5.78 Å². The Hall–Kier alpha value is -3.84. The van der Waals surface area contributed by atoms with E-state index in [0.717, 1.165) is 71.8 Å².